The fourth-order valence-electron chi connectivity index (χ4n) is 0.846. The molecule has 0 radical (unpaired) electrons. The lowest BCUT2D eigenvalue weighted by atomic mass is 10.2. The number of urea groups is 1. The molecular formula is C8H14N4O2. The van der Waals surface area contributed by atoms with Gasteiger partial charge >= 0.3 is 6.03 Å². The number of nitrogens with zero attached hydrogens (tertiary/aromatic N) is 2. The Hall–Kier alpha value is -1.61. The van der Waals surface area contributed by atoms with E-state index < -0.39 is 18.0 Å². The first kappa shape index (κ1) is 12.4. The number of rotatable bonds is 4. The molecule has 1 atom stereocenters. The first-order chi connectivity index (χ1) is 6.49. The van der Waals surface area contributed by atoms with E-state index in [1.165, 1.54) is 0 Å². The van der Waals surface area contributed by atoms with Gasteiger partial charge < -0.3 is 5.73 Å². The highest BCUT2D eigenvalue weighted by Gasteiger charge is 2.18. The predicted molar refractivity (Wildman–Crippen MR) is 50.0 cm³/mol. The molecule has 6 nitrogen and oxygen atoms in total. The van der Waals surface area contributed by atoms with Crippen molar-refractivity contribution in [1.82, 2.24) is 10.2 Å². The van der Waals surface area contributed by atoms with Crippen LogP contribution in [0.15, 0.2) is 0 Å². The molecular weight excluding hydrogens is 184 g/mol. The molecule has 0 heterocycles. The van der Waals surface area contributed by atoms with Crippen molar-refractivity contribution >= 4 is 11.9 Å². The summed E-state index contributed by atoms with van der Waals surface area (Å²) in [6, 6.07) is 0.627. The summed E-state index contributed by atoms with van der Waals surface area (Å²) < 4.78 is 0. The Morgan fingerprint density at radius 1 is 1.64 bits per heavy atom. The number of hydrogen-bond donors (Lipinski definition) is 2. The van der Waals surface area contributed by atoms with Crippen molar-refractivity contribution < 1.29 is 9.59 Å². The molecule has 0 rings (SSSR count). The average molecular weight is 198 g/mol. The molecule has 0 saturated heterocycles. The van der Waals surface area contributed by atoms with Crippen LogP contribution in [0.1, 0.15) is 13.3 Å². The quantitative estimate of drug-likeness (QED) is 0.631. The Labute approximate surface area is 82.7 Å². The van der Waals surface area contributed by atoms with Crippen LogP contribution in [-0.2, 0) is 4.79 Å². The van der Waals surface area contributed by atoms with Crippen LogP contribution in [0, 0.1) is 11.3 Å². The van der Waals surface area contributed by atoms with E-state index in [0.717, 1.165) is 0 Å². The summed E-state index contributed by atoms with van der Waals surface area (Å²) in [6.07, 6.45) is 0.338. The minimum absolute atomic E-state index is 0.338. The van der Waals surface area contributed by atoms with Crippen LogP contribution in [0.3, 0.4) is 0 Å². The van der Waals surface area contributed by atoms with Gasteiger partial charge in [0.25, 0.3) is 0 Å². The number of nitrogens with two attached hydrogens (primary N) is 1. The highest BCUT2D eigenvalue weighted by atomic mass is 16.2. The minimum Gasteiger partial charge on any atom is -0.351 e. The molecule has 0 spiro atoms. The normalized spacial score (nSPS) is 11.9. The van der Waals surface area contributed by atoms with Crippen LogP contribution in [0.4, 0.5) is 4.79 Å². The minimum atomic E-state index is -0.865. The smallest absolute Gasteiger partial charge is 0.318 e. The number of imide groups is 1. The molecule has 0 aliphatic heterocycles. The fraction of sp³-hybridized carbons (Fsp3) is 0.625. The fourth-order valence-corrected chi connectivity index (χ4v) is 0.846. The highest BCUT2D eigenvalue weighted by molar-refractivity contribution is 5.96. The van der Waals surface area contributed by atoms with Crippen molar-refractivity contribution in [2.24, 2.45) is 5.73 Å². The van der Waals surface area contributed by atoms with E-state index in [1.54, 1.807) is 18.9 Å². The Balaban J connectivity index is 4.04. The van der Waals surface area contributed by atoms with Gasteiger partial charge in [0.2, 0.25) is 5.91 Å². The molecule has 3 N–H and O–H groups in total. The van der Waals surface area contributed by atoms with E-state index in [4.69, 9.17) is 11.0 Å². The molecule has 0 saturated carbocycles. The molecule has 0 aliphatic carbocycles. The van der Waals surface area contributed by atoms with Crippen LogP contribution in [0.2, 0.25) is 0 Å². The topological polar surface area (TPSA) is 99.2 Å². The monoisotopic (exact) mass is 198 g/mol. The van der Waals surface area contributed by atoms with E-state index in [2.05, 4.69) is 0 Å². The lowest BCUT2D eigenvalue weighted by Crippen LogP contribution is -2.47. The third-order valence-electron chi connectivity index (χ3n) is 1.86. The van der Waals surface area contributed by atoms with Crippen LogP contribution < -0.4 is 11.1 Å². The van der Waals surface area contributed by atoms with Gasteiger partial charge in [-0.3, -0.25) is 15.0 Å². The first-order valence-corrected chi connectivity index (χ1v) is 4.16. The van der Waals surface area contributed by atoms with Crippen LogP contribution in [0.25, 0.3) is 0 Å². The van der Waals surface area contributed by atoms with E-state index >= 15 is 0 Å². The standard InChI is InChI=1S/C8H14N4O2/c1-6(7(13)11-8(10)14)12(2)5-3-4-9/h6H,3,5H2,1-2H3,(H3,10,11,13,14). The van der Waals surface area contributed by atoms with Crippen molar-refractivity contribution in [3.05, 3.63) is 0 Å². The van der Waals surface area contributed by atoms with Crippen LogP contribution >= 0.6 is 0 Å². The number of carbonyl (C=O) groups is 2. The van der Waals surface area contributed by atoms with Crippen molar-refractivity contribution in [2.75, 3.05) is 13.6 Å². The van der Waals surface area contributed by atoms with Gasteiger partial charge in [-0.1, -0.05) is 0 Å². The summed E-state index contributed by atoms with van der Waals surface area (Å²) in [5.74, 6) is -0.460. The third kappa shape index (κ3) is 4.42. The second-order valence-corrected chi connectivity index (χ2v) is 2.92. The number of primary amides is 1. The number of nitrogens with one attached hydrogen (secondary N) is 1. The molecule has 0 aromatic heterocycles. The molecule has 0 aliphatic rings. The van der Waals surface area contributed by atoms with Crippen molar-refractivity contribution in [3.63, 3.8) is 0 Å². The molecule has 78 valence electrons. The van der Waals surface area contributed by atoms with E-state index in [9.17, 15) is 9.59 Å². The zero-order chi connectivity index (χ0) is 11.1. The van der Waals surface area contributed by atoms with Gasteiger partial charge in [-0.15, -0.1) is 0 Å². The summed E-state index contributed by atoms with van der Waals surface area (Å²) >= 11 is 0. The van der Waals surface area contributed by atoms with E-state index in [-0.39, 0.29) is 0 Å². The number of likely N-dealkylation sites (N-methyl/N-ethyl adjacent to an activating group) is 1. The number of amides is 3. The molecule has 0 aromatic carbocycles. The zero-order valence-electron chi connectivity index (χ0n) is 8.28. The largest absolute Gasteiger partial charge is 0.351 e. The summed E-state index contributed by atoms with van der Waals surface area (Å²) in [5.41, 5.74) is 4.79. The first-order valence-electron chi connectivity index (χ1n) is 4.16. The number of carbonyl (C=O) groups excluding carboxylic acids is 2. The van der Waals surface area contributed by atoms with Crippen molar-refractivity contribution in [2.45, 2.75) is 19.4 Å². The molecule has 1 unspecified atom stereocenters. The lowest BCUT2D eigenvalue weighted by Gasteiger charge is -2.21. The van der Waals surface area contributed by atoms with Crippen LogP contribution in [0.5, 0.6) is 0 Å². The SMILES string of the molecule is CC(C(=O)NC(N)=O)N(C)CCC#N. The molecule has 3 amide bonds. The maximum absolute atomic E-state index is 11.2. The molecule has 0 aromatic rings. The maximum atomic E-state index is 11.2. The molecule has 0 bridgehead atoms. The number of nitriles is 1. The molecule has 14 heavy (non-hydrogen) atoms. The second-order valence-electron chi connectivity index (χ2n) is 2.92. The maximum Gasteiger partial charge on any atom is 0.318 e. The summed E-state index contributed by atoms with van der Waals surface area (Å²) in [7, 11) is 1.70. The Morgan fingerprint density at radius 3 is 2.64 bits per heavy atom. The summed E-state index contributed by atoms with van der Waals surface area (Å²) in [4.78, 5) is 23.3. The predicted octanol–water partition coefficient (Wildman–Crippen LogP) is -0.585. The highest BCUT2D eigenvalue weighted by Crippen LogP contribution is 1.96. The second kappa shape index (κ2) is 5.94. The third-order valence-corrected chi connectivity index (χ3v) is 1.86. The average Bonchev–Trinajstić information content (AvgIpc) is 2.11. The summed E-state index contributed by atoms with van der Waals surface area (Å²) in [6.45, 7) is 2.11. The number of hydrogen-bond acceptors (Lipinski definition) is 4. The Bertz CT molecular complexity index is 259. The van der Waals surface area contributed by atoms with E-state index in [0.29, 0.717) is 13.0 Å². The van der Waals surface area contributed by atoms with Gasteiger partial charge in [-0.2, -0.15) is 5.26 Å². The van der Waals surface area contributed by atoms with Crippen molar-refractivity contribution in [3.8, 4) is 6.07 Å². The van der Waals surface area contributed by atoms with Crippen LogP contribution in [-0.4, -0.2) is 36.5 Å². The van der Waals surface area contributed by atoms with Gasteiger partial charge in [0.05, 0.1) is 12.1 Å². The lowest BCUT2D eigenvalue weighted by molar-refractivity contribution is -0.124. The zero-order valence-corrected chi connectivity index (χ0v) is 8.28. The van der Waals surface area contributed by atoms with E-state index in [1.807, 2.05) is 11.4 Å². The van der Waals surface area contributed by atoms with Gasteiger partial charge in [-0.05, 0) is 14.0 Å². The van der Waals surface area contributed by atoms with Gasteiger partial charge in [0.1, 0.15) is 0 Å². The van der Waals surface area contributed by atoms with Gasteiger partial charge in [-0.25, -0.2) is 4.79 Å². The Kier molecular flexibility index (Phi) is 5.26. The Morgan fingerprint density at radius 2 is 2.21 bits per heavy atom. The summed E-state index contributed by atoms with van der Waals surface area (Å²) in [5, 5.41) is 10.3. The van der Waals surface area contributed by atoms with Gasteiger partial charge in [0, 0.05) is 13.0 Å². The van der Waals surface area contributed by atoms with Crippen molar-refractivity contribution in [1.29, 1.82) is 5.26 Å². The molecule has 6 heteroatoms. The molecule has 0 fully saturated rings. The van der Waals surface area contributed by atoms with Gasteiger partial charge in [0.15, 0.2) is 0 Å².